The summed E-state index contributed by atoms with van der Waals surface area (Å²) in [4.78, 5) is 15.6. The number of ketones is 1. The number of Topliss-reactive ketones (excluding diaryl/α,β-unsaturated/α-hetero) is 1. The topological polar surface area (TPSA) is 20.3 Å². The molecule has 150 valence electrons. The fraction of sp³-hybridized carbons (Fsp3) is 0.296. The second kappa shape index (κ2) is 11.3. The molecular formula is C27H31NO. The molecule has 0 heterocycles. The summed E-state index contributed by atoms with van der Waals surface area (Å²) in [5, 5.41) is 0. The maximum absolute atomic E-state index is 13.3. The van der Waals surface area contributed by atoms with Gasteiger partial charge in [0, 0.05) is 19.5 Å². The van der Waals surface area contributed by atoms with Crippen molar-refractivity contribution in [1.82, 2.24) is 4.90 Å². The highest BCUT2D eigenvalue weighted by atomic mass is 16.1. The zero-order valence-electron chi connectivity index (χ0n) is 17.3. The third kappa shape index (κ3) is 6.69. The molecule has 2 nitrogen and oxygen atoms in total. The molecule has 0 aromatic heterocycles. The first-order valence-corrected chi connectivity index (χ1v) is 10.6. The summed E-state index contributed by atoms with van der Waals surface area (Å²) in [6.45, 7) is 3.68. The smallest absolute Gasteiger partial charge is 0.150 e. The molecule has 3 rings (SSSR count). The minimum atomic E-state index is -0.121. The molecule has 0 bridgehead atoms. The summed E-state index contributed by atoms with van der Waals surface area (Å²) < 4.78 is 0. The number of carbonyl (C=O) groups excluding carboxylic acids is 1. The van der Waals surface area contributed by atoms with E-state index in [1.54, 1.807) is 0 Å². The van der Waals surface area contributed by atoms with E-state index in [-0.39, 0.29) is 6.04 Å². The Labute approximate surface area is 175 Å². The van der Waals surface area contributed by atoms with Gasteiger partial charge in [0.15, 0.2) is 0 Å². The van der Waals surface area contributed by atoms with E-state index >= 15 is 0 Å². The van der Waals surface area contributed by atoms with Crippen LogP contribution in [0, 0.1) is 0 Å². The van der Waals surface area contributed by atoms with Crippen molar-refractivity contribution in [2.45, 2.75) is 51.7 Å². The molecule has 3 aromatic carbocycles. The fourth-order valence-electron chi connectivity index (χ4n) is 3.71. The van der Waals surface area contributed by atoms with Crippen LogP contribution in [-0.4, -0.2) is 16.7 Å². The molecule has 0 radical (unpaired) electrons. The van der Waals surface area contributed by atoms with E-state index in [0.29, 0.717) is 12.2 Å². The van der Waals surface area contributed by atoms with Crippen LogP contribution in [0.3, 0.4) is 0 Å². The van der Waals surface area contributed by atoms with E-state index in [1.807, 2.05) is 18.2 Å². The second-order valence-electron chi connectivity index (χ2n) is 7.65. The summed E-state index contributed by atoms with van der Waals surface area (Å²) in [5.74, 6) is 0.350. The molecule has 0 N–H and O–H groups in total. The van der Waals surface area contributed by atoms with Crippen LogP contribution in [0.25, 0.3) is 0 Å². The third-order valence-electron chi connectivity index (χ3n) is 5.32. The number of nitrogens with zero attached hydrogens (tertiary/aromatic N) is 1. The number of unbranched alkanes of at least 4 members (excludes halogenated alkanes) is 1. The molecule has 0 aliphatic heterocycles. The zero-order valence-corrected chi connectivity index (χ0v) is 17.3. The van der Waals surface area contributed by atoms with E-state index in [0.717, 1.165) is 32.4 Å². The van der Waals surface area contributed by atoms with Gasteiger partial charge in [-0.3, -0.25) is 9.69 Å². The molecule has 0 unspecified atom stereocenters. The van der Waals surface area contributed by atoms with Gasteiger partial charge in [0.25, 0.3) is 0 Å². The standard InChI is InChI=1S/C27H31NO/c1-2-3-19-27(29)26(20-23-13-7-4-8-14-23)28(21-24-15-9-5-10-16-24)22-25-17-11-6-12-18-25/h4-18,26H,2-3,19-22H2,1H3/t26-/m0/s1. The van der Waals surface area contributed by atoms with Crippen molar-refractivity contribution < 1.29 is 4.79 Å². The third-order valence-corrected chi connectivity index (χ3v) is 5.32. The lowest BCUT2D eigenvalue weighted by molar-refractivity contribution is -0.125. The van der Waals surface area contributed by atoms with E-state index in [9.17, 15) is 4.79 Å². The quantitative estimate of drug-likeness (QED) is 0.400. The van der Waals surface area contributed by atoms with Crippen LogP contribution >= 0.6 is 0 Å². The lowest BCUT2D eigenvalue weighted by Crippen LogP contribution is -2.42. The van der Waals surface area contributed by atoms with Crippen LogP contribution in [0.2, 0.25) is 0 Å². The second-order valence-corrected chi connectivity index (χ2v) is 7.65. The van der Waals surface area contributed by atoms with Gasteiger partial charge >= 0.3 is 0 Å². The van der Waals surface area contributed by atoms with Crippen molar-refractivity contribution >= 4 is 5.78 Å². The van der Waals surface area contributed by atoms with Gasteiger partial charge in [-0.05, 0) is 29.5 Å². The predicted molar refractivity (Wildman–Crippen MR) is 121 cm³/mol. The molecule has 29 heavy (non-hydrogen) atoms. The van der Waals surface area contributed by atoms with Crippen LogP contribution in [-0.2, 0) is 24.3 Å². The molecule has 0 amide bonds. The van der Waals surface area contributed by atoms with Gasteiger partial charge < -0.3 is 0 Å². The Kier molecular flexibility index (Phi) is 8.21. The highest BCUT2D eigenvalue weighted by Gasteiger charge is 2.26. The first kappa shape index (κ1) is 21.0. The maximum atomic E-state index is 13.3. The highest BCUT2D eigenvalue weighted by Crippen LogP contribution is 2.19. The summed E-state index contributed by atoms with van der Waals surface area (Å²) in [6.07, 6.45) is 3.40. The van der Waals surface area contributed by atoms with Crippen molar-refractivity contribution in [2.75, 3.05) is 0 Å². The Morgan fingerprint density at radius 1 is 0.724 bits per heavy atom. The summed E-state index contributed by atoms with van der Waals surface area (Å²) in [5.41, 5.74) is 3.70. The van der Waals surface area contributed by atoms with Crippen LogP contribution in [0.4, 0.5) is 0 Å². The van der Waals surface area contributed by atoms with E-state index in [1.165, 1.54) is 16.7 Å². The fourth-order valence-corrected chi connectivity index (χ4v) is 3.71. The number of carbonyl (C=O) groups is 1. The largest absolute Gasteiger partial charge is 0.298 e. The average molecular weight is 386 g/mol. The van der Waals surface area contributed by atoms with Crippen LogP contribution in [0.1, 0.15) is 42.9 Å². The molecule has 2 heteroatoms. The van der Waals surface area contributed by atoms with E-state index in [2.05, 4.69) is 84.6 Å². The normalized spacial score (nSPS) is 12.1. The van der Waals surface area contributed by atoms with Crippen LogP contribution in [0.5, 0.6) is 0 Å². The lowest BCUT2D eigenvalue weighted by atomic mass is 9.96. The van der Waals surface area contributed by atoms with Crippen molar-refractivity contribution in [2.24, 2.45) is 0 Å². The van der Waals surface area contributed by atoms with Crippen molar-refractivity contribution in [3.05, 3.63) is 108 Å². The van der Waals surface area contributed by atoms with Gasteiger partial charge in [0.05, 0.1) is 6.04 Å². The highest BCUT2D eigenvalue weighted by molar-refractivity contribution is 5.84. The Hall–Kier alpha value is -2.71. The van der Waals surface area contributed by atoms with Gasteiger partial charge in [0.2, 0.25) is 0 Å². The summed E-state index contributed by atoms with van der Waals surface area (Å²) >= 11 is 0. The average Bonchev–Trinajstić information content (AvgIpc) is 2.77. The van der Waals surface area contributed by atoms with Crippen molar-refractivity contribution in [3.63, 3.8) is 0 Å². The minimum Gasteiger partial charge on any atom is -0.298 e. The monoisotopic (exact) mass is 385 g/mol. The number of hydrogen-bond donors (Lipinski definition) is 0. The van der Waals surface area contributed by atoms with Gasteiger partial charge in [-0.25, -0.2) is 0 Å². The van der Waals surface area contributed by atoms with Crippen molar-refractivity contribution in [3.8, 4) is 0 Å². The van der Waals surface area contributed by atoms with Crippen LogP contribution < -0.4 is 0 Å². The Bertz CT molecular complexity index is 804. The van der Waals surface area contributed by atoms with E-state index < -0.39 is 0 Å². The number of rotatable bonds is 11. The van der Waals surface area contributed by atoms with E-state index in [4.69, 9.17) is 0 Å². The molecule has 0 saturated heterocycles. The van der Waals surface area contributed by atoms with Crippen LogP contribution in [0.15, 0.2) is 91.0 Å². The molecule has 3 aromatic rings. The van der Waals surface area contributed by atoms with Crippen molar-refractivity contribution in [1.29, 1.82) is 0 Å². The minimum absolute atomic E-state index is 0.121. The van der Waals surface area contributed by atoms with Gasteiger partial charge in [0.1, 0.15) is 5.78 Å². The molecule has 0 aliphatic rings. The SMILES string of the molecule is CCCCC(=O)[C@H](Cc1ccccc1)N(Cc1ccccc1)Cc1ccccc1. The van der Waals surface area contributed by atoms with Gasteiger partial charge in [-0.15, -0.1) is 0 Å². The first-order valence-electron chi connectivity index (χ1n) is 10.6. The number of hydrogen-bond acceptors (Lipinski definition) is 2. The Balaban J connectivity index is 1.89. The molecular weight excluding hydrogens is 354 g/mol. The Morgan fingerprint density at radius 3 is 1.62 bits per heavy atom. The Morgan fingerprint density at radius 2 is 1.17 bits per heavy atom. The molecule has 0 spiro atoms. The first-order chi connectivity index (χ1) is 14.3. The predicted octanol–water partition coefficient (Wildman–Crippen LogP) is 6.06. The molecule has 0 fully saturated rings. The summed E-state index contributed by atoms with van der Waals surface area (Å²) in [6, 6.07) is 31.2. The zero-order chi connectivity index (χ0) is 20.3. The maximum Gasteiger partial charge on any atom is 0.150 e. The molecule has 0 saturated carbocycles. The molecule has 0 aliphatic carbocycles. The number of benzene rings is 3. The summed E-state index contributed by atoms with van der Waals surface area (Å²) in [7, 11) is 0. The lowest BCUT2D eigenvalue weighted by Gasteiger charge is -2.31. The van der Waals surface area contributed by atoms with Gasteiger partial charge in [-0.1, -0.05) is 104 Å². The molecule has 1 atom stereocenters. The van der Waals surface area contributed by atoms with Gasteiger partial charge in [-0.2, -0.15) is 0 Å².